The summed E-state index contributed by atoms with van der Waals surface area (Å²) in [5.74, 6) is 0. The minimum atomic E-state index is -4.10. The lowest BCUT2D eigenvalue weighted by Gasteiger charge is -1.96. The average molecular weight is 285 g/mol. The van der Waals surface area contributed by atoms with Gasteiger partial charge in [-0.05, 0) is 34.7 Å². The summed E-state index contributed by atoms with van der Waals surface area (Å²) in [6, 6.07) is 2.75. The van der Waals surface area contributed by atoms with E-state index in [4.69, 9.17) is 4.55 Å². The summed E-state index contributed by atoms with van der Waals surface area (Å²) in [5.41, 5.74) is 0. The Hall–Kier alpha value is -0.210. The fraction of sp³-hybridized carbons (Fsp3) is 0. The molecule has 0 spiro atoms. The maximum atomic E-state index is 10.6. The molecule has 6 heteroatoms. The van der Waals surface area contributed by atoms with Crippen molar-refractivity contribution < 1.29 is 13.0 Å². The van der Waals surface area contributed by atoms with Crippen LogP contribution < -0.4 is 0 Å². The van der Waals surface area contributed by atoms with Crippen LogP contribution in [-0.4, -0.2) is 18.0 Å². The highest BCUT2D eigenvalue weighted by Gasteiger charge is 2.12. The first kappa shape index (κ1) is 8.88. The molecule has 1 aromatic rings. The van der Waals surface area contributed by atoms with Gasteiger partial charge in [0.1, 0.15) is 8.60 Å². The third-order valence-electron chi connectivity index (χ3n) is 1.00. The Morgan fingerprint density at radius 2 is 2.18 bits per heavy atom. The first-order valence-corrected chi connectivity index (χ1v) is 5.11. The molecule has 0 bridgehead atoms. The monoisotopic (exact) mass is 285 g/mol. The zero-order chi connectivity index (χ0) is 8.48. The SMILES string of the molecule is O=S(=O)(O)c1cccnc1I. The van der Waals surface area contributed by atoms with Gasteiger partial charge < -0.3 is 0 Å². The molecule has 11 heavy (non-hydrogen) atoms. The van der Waals surface area contributed by atoms with Gasteiger partial charge in [0.05, 0.1) is 0 Å². The van der Waals surface area contributed by atoms with Crippen molar-refractivity contribution in [1.29, 1.82) is 0 Å². The van der Waals surface area contributed by atoms with Gasteiger partial charge >= 0.3 is 0 Å². The van der Waals surface area contributed by atoms with E-state index in [2.05, 4.69) is 4.98 Å². The lowest BCUT2D eigenvalue weighted by molar-refractivity contribution is 0.482. The van der Waals surface area contributed by atoms with Crippen molar-refractivity contribution in [3.63, 3.8) is 0 Å². The van der Waals surface area contributed by atoms with Crippen LogP contribution in [0.5, 0.6) is 0 Å². The first-order chi connectivity index (χ1) is 5.02. The van der Waals surface area contributed by atoms with Crippen molar-refractivity contribution in [1.82, 2.24) is 4.98 Å². The number of pyridine rings is 1. The molecular weight excluding hydrogens is 281 g/mol. The molecule has 0 fully saturated rings. The summed E-state index contributed by atoms with van der Waals surface area (Å²) in [6.45, 7) is 0. The molecule has 1 rings (SSSR count). The van der Waals surface area contributed by atoms with Crippen molar-refractivity contribution in [2.24, 2.45) is 0 Å². The summed E-state index contributed by atoms with van der Waals surface area (Å²) in [4.78, 5) is 3.54. The molecule has 4 nitrogen and oxygen atoms in total. The molecule has 0 saturated heterocycles. The zero-order valence-electron chi connectivity index (χ0n) is 5.23. The molecule has 0 unspecified atom stereocenters. The Balaban J connectivity index is 3.37. The largest absolute Gasteiger partial charge is 0.297 e. The lowest BCUT2D eigenvalue weighted by atomic mass is 10.5. The number of halogens is 1. The van der Waals surface area contributed by atoms with E-state index in [0.717, 1.165) is 0 Å². The number of nitrogens with zero attached hydrogens (tertiary/aromatic N) is 1. The van der Waals surface area contributed by atoms with Crippen molar-refractivity contribution in [2.45, 2.75) is 4.90 Å². The third-order valence-corrected chi connectivity index (χ3v) is 3.11. The molecule has 0 aliphatic carbocycles. The van der Waals surface area contributed by atoms with Gasteiger partial charge in [0, 0.05) is 6.20 Å². The van der Waals surface area contributed by atoms with Gasteiger partial charge in [-0.25, -0.2) is 4.98 Å². The molecule has 1 aromatic heterocycles. The quantitative estimate of drug-likeness (QED) is 0.473. The Morgan fingerprint density at radius 1 is 1.55 bits per heavy atom. The third kappa shape index (κ3) is 2.11. The van der Waals surface area contributed by atoms with E-state index in [-0.39, 0.29) is 8.60 Å². The summed E-state index contributed by atoms with van der Waals surface area (Å²) in [5, 5.41) is 0. The summed E-state index contributed by atoms with van der Waals surface area (Å²) >= 11 is 1.74. The second kappa shape index (κ2) is 3.03. The van der Waals surface area contributed by atoms with E-state index in [1.807, 2.05) is 0 Å². The van der Waals surface area contributed by atoms with Gasteiger partial charge in [0.2, 0.25) is 0 Å². The predicted octanol–water partition coefficient (Wildman–Crippen LogP) is 0.933. The topological polar surface area (TPSA) is 67.3 Å². The van der Waals surface area contributed by atoms with Crippen LogP contribution >= 0.6 is 22.6 Å². The summed E-state index contributed by atoms with van der Waals surface area (Å²) in [6.07, 6.45) is 1.45. The summed E-state index contributed by atoms with van der Waals surface area (Å²) < 4.78 is 30.0. The van der Waals surface area contributed by atoms with Crippen LogP contribution in [0, 0.1) is 3.70 Å². The summed E-state index contributed by atoms with van der Waals surface area (Å²) in [7, 11) is -4.10. The highest BCUT2D eigenvalue weighted by molar-refractivity contribution is 14.1. The van der Waals surface area contributed by atoms with Crippen LogP contribution in [0.2, 0.25) is 0 Å². The van der Waals surface area contributed by atoms with Crippen molar-refractivity contribution in [2.75, 3.05) is 0 Å². The number of rotatable bonds is 1. The fourth-order valence-corrected chi connectivity index (χ4v) is 2.26. The molecule has 60 valence electrons. The van der Waals surface area contributed by atoms with Crippen LogP contribution in [0.15, 0.2) is 23.2 Å². The molecule has 1 heterocycles. The van der Waals surface area contributed by atoms with Crippen molar-refractivity contribution in [3.8, 4) is 0 Å². The van der Waals surface area contributed by atoms with Gasteiger partial charge in [0.15, 0.2) is 0 Å². The maximum absolute atomic E-state index is 10.6. The average Bonchev–Trinajstić information content (AvgIpc) is 1.86. The Bertz CT molecular complexity index is 362. The normalized spacial score (nSPS) is 11.5. The molecule has 1 N–H and O–H groups in total. The van der Waals surface area contributed by atoms with Gasteiger partial charge in [-0.1, -0.05) is 0 Å². The predicted molar refractivity (Wildman–Crippen MR) is 46.8 cm³/mol. The minimum Gasteiger partial charge on any atom is -0.282 e. The lowest BCUT2D eigenvalue weighted by Crippen LogP contribution is -2.01. The molecule has 0 aliphatic rings. The zero-order valence-corrected chi connectivity index (χ0v) is 8.20. The van der Waals surface area contributed by atoms with E-state index in [9.17, 15) is 8.42 Å². The van der Waals surface area contributed by atoms with E-state index in [1.54, 1.807) is 22.6 Å². The standard InChI is InChI=1S/C5H4INO3S/c6-5-4(11(8,9)10)2-1-3-7-5/h1-3H,(H,8,9,10). The van der Waals surface area contributed by atoms with E-state index in [1.165, 1.54) is 18.3 Å². The van der Waals surface area contributed by atoms with E-state index >= 15 is 0 Å². The number of aromatic nitrogens is 1. The highest BCUT2D eigenvalue weighted by atomic mass is 127. The smallest absolute Gasteiger partial charge is 0.282 e. The van der Waals surface area contributed by atoms with Crippen LogP contribution in [0.1, 0.15) is 0 Å². The van der Waals surface area contributed by atoms with Crippen LogP contribution in [-0.2, 0) is 10.1 Å². The molecular formula is C5H4INO3S. The van der Waals surface area contributed by atoms with Crippen LogP contribution in [0.25, 0.3) is 0 Å². The van der Waals surface area contributed by atoms with Crippen LogP contribution in [0.4, 0.5) is 0 Å². The van der Waals surface area contributed by atoms with E-state index in [0.29, 0.717) is 0 Å². The van der Waals surface area contributed by atoms with Gasteiger partial charge in [-0.15, -0.1) is 0 Å². The maximum Gasteiger partial charge on any atom is 0.297 e. The number of hydrogen-bond acceptors (Lipinski definition) is 3. The number of hydrogen-bond donors (Lipinski definition) is 1. The molecule has 0 aromatic carbocycles. The second-order valence-corrected chi connectivity index (χ2v) is 4.18. The minimum absolute atomic E-state index is 0.152. The Morgan fingerprint density at radius 3 is 2.55 bits per heavy atom. The molecule has 0 radical (unpaired) electrons. The van der Waals surface area contributed by atoms with Gasteiger partial charge in [-0.2, -0.15) is 8.42 Å². The molecule has 0 atom stereocenters. The van der Waals surface area contributed by atoms with Gasteiger partial charge in [0.25, 0.3) is 10.1 Å². The Labute approximate surface area is 77.5 Å². The van der Waals surface area contributed by atoms with Crippen molar-refractivity contribution >= 4 is 32.7 Å². The molecule has 0 aliphatic heterocycles. The Kier molecular flexibility index (Phi) is 2.45. The van der Waals surface area contributed by atoms with Crippen molar-refractivity contribution in [3.05, 3.63) is 22.0 Å². The second-order valence-electron chi connectivity index (χ2n) is 1.77. The van der Waals surface area contributed by atoms with E-state index < -0.39 is 10.1 Å². The molecule has 0 amide bonds. The van der Waals surface area contributed by atoms with Crippen LogP contribution in [0.3, 0.4) is 0 Å². The van der Waals surface area contributed by atoms with Gasteiger partial charge in [-0.3, -0.25) is 4.55 Å². The molecule has 0 saturated carbocycles. The highest BCUT2D eigenvalue weighted by Crippen LogP contribution is 2.13. The first-order valence-electron chi connectivity index (χ1n) is 2.60. The fourth-order valence-electron chi connectivity index (χ4n) is 0.564.